The van der Waals surface area contributed by atoms with E-state index in [1.54, 1.807) is 24.1 Å². The summed E-state index contributed by atoms with van der Waals surface area (Å²) in [6, 6.07) is 0.275. The third-order valence-corrected chi connectivity index (χ3v) is 5.81. The van der Waals surface area contributed by atoms with Crippen LogP contribution in [-0.4, -0.2) is 57.0 Å². The highest BCUT2D eigenvalue weighted by Crippen LogP contribution is 2.31. The minimum Gasteiger partial charge on any atom is -0.371 e. The maximum atomic E-state index is 14.9. The van der Waals surface area contributed by atoms with E-state index in [9.17, 15) is 8.78 Å². The number of nitrogens with zero attached hydrogens (tertiary/aromatic N) is 5. The van der Waals surface area contributed by atoms with Gasteiger partial charge in [-0.05, 0) is 19.3 Å². The molecule has 2 aromatic rings. The third kappa shape index (κ3) is 4.09. The average Bonchev–Trinajstić information content (AvgIpc) is 3.18. The highest BCUT2D eigenvalue weighted by Gasteiger charge is 2.34. The van der Waals surface area contributed by atoms with E-state index in [2.05, 4.69) is 30.6 Å². The van der Waals surface area contributed by atoms with Crippen molar-refractivity contribution in [2.75, 3.05) is 30.8 Å². The van der Waals surface area contributed by atoms with Crippen LogP contribution in [0.25, 0.3) is 0 Å². The fourth-order valence-electron chi connectivity index (χ4n) is 4.31. The molecule has 2 aromatic heterocycles. The molecule has 2 aliphatic rings. The van der Waals surface area contributed by atoms with Crippen molar-refractivity contribution in [2.45, 2.75) is 56.8 Å². The summed E-state index contributed by atoms with van der Waals surface area (Å²) in [6.45, 7) is 1.38. The van der Waals surface area contributed by atoms with Gasteiger partial charge in [-0.2, -0.15) is 10.1 Å². The van der Waals surface area contributed by atoms with Gasteiger partial charge in [-0.15, -0.1) is 0 Å². The first-order valence-corrected chi connectivity index (χ1v) is 10.0. The Morgan fingerprint density at radius 2 is 1.96 bits per heavy atom. The Bertz CT molecular complexity index is 790. The van der Waals surface area contributed by atoms with Gasteiger partial charge in [0.15, 0.2) is 11.6 Å². The predicted octanol–water partition coefficient (Wildman–Crippen LogP) is 3.52. The Morgan fingerprint density at radius 3 is 2.71 bits per heavy atom. The van der Waals surface area contributed by atoms with E-state index in [-0.39, 0.29) is 17.8 Å². The number of piperidine rings is 1. The largest absolute Gasteiger partial charge is 0.371 e. The lowest BCUT2D eigenvalue weighted by molar-refractivity contribution is 0.0436. The van der Waals surface area contributed by atoms with E-state index >= 15 is 0 Å². The van der Waals surface area contributed by atoms with Gasteiger partial charge in [-0.1, -0.05) is 19.3 Å². The summed E-state index contributed by atoms with van der Waals surface area (Å²) in [6.07, 6.45) is 10.5. The summed E-state index contributed by atoms with van der Waals surface area (Å²) in [4.78, 5) is 10.3. The van der Waals surface area contributed by atoms with Gasteiger partial charge in [-0.25, -0.2) is 13.8 Å². The van der Waals surface area contributed by atoms with E-state index < -0.39 is 12.0 Å². The monoisotopic (exact) mass is 391 g/mol. The molecule has 9 heteroatoms. The fourth-order valence-corrected chi connectivity index (χ4v) is 4.31. The van der Waals surface area contributed by atoms with Gasteiger partial charge in [0.25, 0.3) is 0 Å². The van der Waals surface area contributed by atoms with E-state index in [1.807, 2.05) is 0 Å². The van der Waals surface area contributed by atoms with Crippen LogP contribution in [0.2, 0.25) is 0 Å². The molecule has 152 valence electrons. The van der Waals surface area contributed by atoms with Crippen LogP contribution in [-0.2, 0) is 0 Å². The normalized spacial score (nSPS) is 24.2. The van der Waals surface area contributed by atoms with Crippen molar-refractivity contribution in [3.63, 3.8) is 0 Å². The maximum absolute atomic E-state index is 14.9. The Balaban J connectivity index is 1.39. The molecule has 3 heterocycles. The number of nitrogens with one attached hydrogen (secondary N) is 2. The SMILES string of the molecule is CNc1nc(Nc2cnn([C@@H]3CCN(C4CCCCC4)C[C@H]3F)c2)ncc1F. The summed E-state index contributed by atoms with van der Waals surface area (Å²) in [7, 11) is 1.59. The van der Waals surface area contributed by atoms with Crippen LogP contribution in [0.5, 0.6) is 0 Å². The summed E-state index contributed by atoms with van der Waals surface area (Å²) in [5.74, 6) is -0.147. The maximum Gasteiger partial charge on any atom is 0.229 e. The minimum absolute atomic E-state index is 0.115. The fraction of sp³-hybridized carbons (Fsp3) is 0.632. The summed E-state index contributed by atoms with van der Waals surface area (Å²) in [5.41, 5.74) is 0.649. The second-order valence-corrected chi connectivity index (χ2v) is 7.63. The zero-order chi connectivity index (χ0) is 19.5. The lowest BCUT2D eigenvalue weighted by Crippen LogP contribution is -2.48. The summed E-state index contributed by atoms with van der Waals surface area (Å²) >= 11 is 0. The zero-order valence-corrected chi connectivity index (χ0v) is 16.1. The van der Waals surface area contributed by atoms with Gasteiger partial charge in [-0.3, -0.25) is 9.58 Å². The summed E-state index contributed by atoms with van der Waals surface area (Å²) < 4.78 is 30.1. The molecule has 1 saturated heterocycles. The molecule has 4 rings (SSSR count). The molecule has 28 heavy (non-hydrogen) atoms. The molecule has 0 amide bonds. The Kier molecular flexibility index (Phi) is 5.70. The van der Waals surface area contributed by atoms with Gasteiger partial charge >= 0.3 is 0 Å². The Hall–Kier alpha value is -2.29. The number of aromatic nitrogens is 4. The number of anilines is 3. The van der Waals surface area contributed by atoms with Gasteiger partial charge in [0.2, 0.25) is 5.95 Å². The van der Waals surface area contributed by atoms with Crippen molar-refractivity contribution in [1.82, 2.24) is 24.6 Å². The quantitative estimate of drug-likeness (QED) is 0.813. The number of halogens is 2. The Morgan fingerprint density at radius 1 is 1.14 bits per heavy atom. The lowest BCUT2D eigenvalue weighted by Gasteiger charge is -2.40. The van der Waals surface area contributed by atoms with E-state index in [0.717, 1.165) is 19.2 Å². The van der Waals surface area contributed by atoms with Crippen LogP contribution < -0.4 is 10.6 Å². The van der Waals surface area contributed by atoms with E-state index in [4.69, 9.17) is 0 Å². The van der Waals surface area contributed by atoms with Gasteiger partial charge in [0.1, 0.15) is 6.17 Å². The van der Waals surface area contributed by atoms with Crippen LogP contribution in [0.4, 0.5) is 26.2 Å². The molecule has 0 radical (unpaired) electrons. The van der Waals surface area contributed by atoms with Crippen molar-refractivity contribution in [2.24, 2.45) is 0 Å². The first-order valence-electron chi connectivity index (χ1n) is 10.0. The number of rotatable bonds is 5. The van der Waals surface area contributed by atoms with E-state index in [0.29, 0.717) is 18.3 Å². The number of likely N-dealkylation sites (tertiary alicyclic amines) is 1. The number of hydrogen-bond acceptors (Lipinski definition) is 6. The van der Waals surface area contributed by atoms with Gasteiger partial charge in [0.05, 0.1) is 24.1 Å². The molecule has 1 aliphatic carbocycles. The van der Waals surface area contributed by atoms with Crippen molar-refractivity contribution in [1.29, 1.82) is 0 Å². The standard InChI is InChI=1S/C19H27F2N7/c1-22-18-15(20)10-23-19(26-18)25-13-9-24-28(11-13)17-7-8-27(12-16(17)21)14-5-3-2-4-6-14/h9-11,14,16-17H,2-8,12H2,1H3,(H2,22,23,25,26)/t16-,17-/m1/s1. The smallest absolute Gasteiger partial charge is 0.229 e. The van der Waals surface area contributed by atoms with Crippen LogP contribution in [0, 0.1) is 5.82 Å². The average molecular weight is 391 g/mol. The molecule has 0 spiro atoms. The van der Waals surface area contributed by atoms with E-state index in [1.165, 1.54) is 32.1 Å². The molecular formula is C19H27F2N7. The molecule has 2 atom stereocenters. The van der Waals surface area contributed by atoms with Crippen LogP contribution in [0.3, 0.4) is 0 Å². The van der Waals surface area contributed by atoms with Crippen molar-refractivity contribution < 1.29 is 8.78 Å². The highest BCUT2D eigenvalue weighted by molar-refractivity contribution is 5.52. The predicted molar refractivity (Wildman–Crippen MR) is 104 cm³/mol. The van der Waals surface area contributed by atoms with Crippen LogP contribution >= 0.6 is 0 Å². The molecular weight excluding hydrogens is 364 g/mol. The third-order valence-electron chi connectivity index (χ3n) is 5.81. The second-order valence-electron chi connectivity index (χ2n) is 7.63. The minimum atomic E-state index is -0.943. The first kappa shape index (κ1) is 19.0. The van der Waals surface area contributed by atoms with Crippen molar-refractivity contribution in [3.8, 4) is 0 Å². The molecule has 0 bridgehead atoms. The molecule has 0 unspecified atom stereocenters. The lowest BCUT2D eigenvalue weighted by atomic mass is 9.91. The van der Waals surface area contributed by atoms with Gasteiger partial charge < -0.3 is 10.6 Å². The molecule has 1 aliphatic heterocycles. The first-order chi connectivity index (χ1) is 13.6. The topological polar surface area (TPSA) is 70.9 Å². The molecule has 0 aromatic carbocycles. The van der Waals surface area contributed by atoms with Crippen molar-refractivity contribution in [3.05, 3.63) is 24.4 Å². The number of hydrogen-bond donors (Lipinski definition) is 2. The van der Waals surface area contributed by atoms with Crippen LogP contribution in [0.1, 0.15) is 44.6 Å². The Labute approximate surface area is 163 Å². The molecule has 1 saturated carbocycles. The second kappa shape index (κ2) is 8.38. The molecule has 7 nitrogen and oxygen atoms in total. The molecule has 2 N–H and O–H groups in total. The van der Waals surface area contributed by atoms with Crippen molar-refractivity contribution >= 4 is 17.5 Å². The molecule has 2 fully saturated rings. The number of alkyl halides is 1. The highest BCUT2D eigenvalue weighted by atomic mass is 19.1. The van der Waals surface area contributed by atoms with Gasteiger partial charge in [0, 0.05) is 32.4 Å². The van der Waals surface area contributed by atoms with Crippen LogP contribution in [0.15, 0.2) is 18.6 Å². The zero-order valence-electron chi connectivity index (χ0n) is 16.1. The summed E-state index contributed by atoms with van der Waals surface area (Å²) in [5, 5.41) is 10.0.